The summed E-state index contributed by atoms with van der Waals surface area (Å²) in [7, 11) is 0. The van der Waals surface area contributed by atoms with Crippen molar-refractivity contribution in [3.8, 4) is 0 Å². The van der Waals surface area contributed by atoms with Crippen LogP contribution in [0.25, 0.3) is 0 Å². The first-order chi connectivity index (χ1) is 11.8. The molecule has 0 saturated heterocycles. The highest BCUT2D eigenvalue weighted by molar-refractivity contribution is 5.96. The van der Waals surface area contributed by atoms with E-state index in [-0.39, 0.29) is 29.7 Å². The normalized spacial score (nSPS) is 19.7. The van der Waals surface area contributed by atoms with Gasteiger partial charge in [0.1, 0.15) is 0 Å². The number of carboxylic acid groups (broad SMARTS) is 1. The smallest absolute Gasteiger partial charge is 0.306 e. The van der Waals surface area contributed by atoms with Crippen molar-refractivity contribution < 1.29 is 19.5 Å². The molecule has 0 aliphatic heterocycles. The fourth-order valence-electron chi connectivity index (χ4n) is 3.12. The first-order valence-corrected chi connectivity index (χ1v) is 8.70. The number of amides is 2. The van der Waals surface area contributed by atoms with E-state index in [4.69, 9.17) is 5.11 Å². The molecule has 1 fully saturated rings. The molecule has 1 aromatic rings. The molecule has 0 spiro atoms. The highest BCUT2D eigenvalue weighted by Crippen LogP contribution is 2.26. The third-order valence-electron chi connectivity index (χ3n) is 4.47. The largest absolute Gasteiger partial charge is 0.481 e. The van der Waals surface area contributed by atoms with Gasteiger partial charge in [-0.1, -0.05) is 13.8 Å². The molecule has 2 rings (SSSR count). The van der Waals surface area contributed by atoms with Crippen molar-refractivity contribution in [3.63, 3.8) is 0 Å². The average molecular weight is 346 g/mol. The molecule has 6 nitrogen and oxygen atoms in total. The van der Waals surface area contributed by atoms with Crippen LogP contribution in [0.4, 0.5) is 5.69 Å². The van der Waals surface area contributed by atoms with Crippen LogP contribution in [0.15, 0.2) is 18.2 Å². The average Bonchev–Trinajstić information content (AvgIpc) is 2.97. The SMILES string of the molecule is Cc1cc(C(=O)N[C@@H]2CC[C@H](C(=O)O)C2)ccc1NC(=O)CC(C)C. The summed E-state index contributed by atoms with van der Waals surface area (Å²) < 4.78 is 0. The van der Waals surface area contributed by atoms with Crippen molar-refractivity contribution in [1.29, 1.82) is 0 Å². The van der Waals surface area contributed by atoms with E-state index in [1.165, 1.54) is 0 Å². The molecular weight excluding hydrogens is 320 g/mol. The number of aryl methyl sites for hydroxylation is 1. The van der Waals surface area contributed by atoms with E-state index in [0.29, 0.717) is 36.9 Å². The quantitative estimate of drug-likeness (QED) is 0.738. The molecule has 0 aromatic heterocycles. The lowest BCUT2D eigenvalue weighted by Crippen LogP contribution is -2.33. The van der Waals surface area contributed by atoms with Crippen LogP contribution in [0, 0.1) is 18.8 Å². The van der Waals surface area contributed by atoms with Gasteiger partial charge in [0.15, 0.2) is 0 Å². The lowest BCUT2D eigenvalue weighted by molar-refractivity contribution is -0.141. The lowest BCUT2D eigenvalue weighted by Gasteiger charge is -2.14. The van der Waals surface area contributed by atoms with Gasteiger partial charge in [-0.25, -0.2) is 0 Å². The summed E-state index contributed by atoms with van der Waals surface area (Å²) in [6.45, 7) is 5.81. The molecule has 1 aromatic carbocycles. The van der Waals surface area contributed by atoms with Crippen molar-refractivity contribution >= 4 is 23.5 Å². The maximum atomic E-state index is 12.4. The molecule has 2 amide bonds. The minimum atomic E-state index is -0.797. The Morgan fingerprint density at radius 1 is 1.24 bits per heavy atom. The molecule has 136 valence electrons. The summed E-state index contributed by atoms with van der Waals surface area (Å²) >= 11 is 0. The van der Waals surface area contributed by atoms with Gasteiger partial charge in [0.05, 0.1) is 5.92 Å². The van der Waals surface area contributed by atoms with Gasteiger partial charge < -0.3 is 15.7 Å². The molecule has 1 aliphatic rings. The van der Waals surface area contributed by atoms with Gasteiger partial charge in [-0.05, 0) is 55.9 Å². The Morgan fingerprint density at radius 3 is 2.52 bits per heavy atom. The van der Waals surface area contributed by atoms with Gasteiger partial charge in [-0.3, -0.25) is 14.4 Å². The number of rotatable bonds is 6. The van der Waals surface area contributed by atoms with E-state index in [9.17, 15) is 14.4 Å². The van der Waals surface area contributed by atoms with Gasteiger partial charge in [0, 0.05) is 23.7 Å². The minimum Gasteiger partial charge on any atom is -0.481 e. The zero-order valence-corrected chi connectivity index (χ0v) is 15.0. The summed E-state index contributed by atoms with van der Waals surface area (Å²) in [5, 5.41) is 14.8. The monoisotopic (exact) mass is 346 g/mol. The molecule has 2 atom stereocenters. The van der Waals surface area contributed by atoms with Gasteiger partial charge >= 0.3 is 5.97 Å². The fourth-order valence-corrected chi connectivity index (χ4v) is 3.12. The minimum absolute atomic E-state index is 0.0408. The maximum Gasteiger partial charge on any atom is 0.306 e. The van der Waals surface area contributed by atoms with E-state index in [1.807, 2.05) is 20.8 Å². The van der Waals surface area contributed by atoms with Crippen molar-refractivity contribution in [2.75, 3.05) is 5.32 Å². The van der Waals surface area contributed by atoms with Crippen LogP contribution in [-0.4, -0.2) is 28.9 Å². The van der Waals surface area contributed by atoms with Gasteiger partial charge in [0.2, 0.25) is 5.91 Å². The van der Waals surface area contributed by atoms with E-state index in [0.717, 1.165) is 5.56 Å². The highest BCUT2D eigenvalue weighted by Gasteiger charge is 2.30. The molecule has 0 unspecified atom stereocenters. The number of nitrogens with one attached hydrogen (secondary N) is 2. The number of carboxylic acids is 1. The Hall–Kier alpha value is -2.37. The van der Waals surface area contributed by atoms with Gasteiger partial charge in [-0.2, -0.15) is 0 Å². The van der Waals surface area contributed by atoms with Crippen LogP contribution < -0.4 is 10.6 Å². The molecular formula is C19H26N2O4. The Kier molecular flexibility index (Phi) is 6.17. The molecule has 6 heteroatoms. The second-order valence-electron chi connectivity index (χ2n) is 7.19. The first kappa shape index (κ1) is 19.0. The summed E-state index contributed by atoms with van der Waals surface area (Å²) in [5.41, 5.74) is 2.03. The van der Waals surface area contributed by atoms with Crippen molar-refractivity contribution in [2.45, 2.75) is 52.5 Å². The topological polar surface area (TPSA) is 95.5 Å². The van der Waals surface area contributed by atoms with Crippen molar-refractivity contribution in [3.05, 3.63) is 29.3 Å². The van der Waals surface area contributed by atoms with E-state index in [2.05, 4.69) is 10.6 Å². The highest BCUT2D eigenvalue weighted by atomic mass is 16.4. The summed E-state index contributed by atoms with van der Waals surface area (Å²) in [6.07, 6.45) is 2.21. The number of carbonyl (C=O) groups is 3. The predicted molar refractivity (Wildman–Crippen MR) is 95.5 cm³/mol. The molecule has 0 heterocycles. The Morgan fingerprint density at radius 2 is 1.96 bits per heavy atom. The molecule has 0 radical (unpaired) electrons. The number of hydrogen-bond donors (Lipinski definition) is 3. The second kappa shape index (κ2) is 8.14. The van der Waals surface area contributed by atoms with Crippen LogP contribution in [0.3, 0.4) is 0 Å². The van der Waals surface area contributed by atoms with Crippen LogP contribution in [0.1, 0.15) is 55.5 Å². The third kappa shape index (κ3) is 5.31. The summed E-state index contributed by atoms with van der Waals surface area (Å²) in [4.78, 5) is 35.2. The molecule has 25 heavy (non-hydrogen) atoms. The van der Waals surface area contributed by atoms with E-state index in [1.54, 1.807) is 18.2 Å². The van der Waals surface area contributed by atoms with Crippen molar-refractivity contribution in [2.24, 2.45) is 11.8 Å². The third-order valence-corrected chi connectivity index (χ3v) is 4.47. The molecule has 0 bridgehead atoms. The van der Waals surface area contributed by atoms with Crippen LogP contribution >= 0.6 is 0 Å². The number of aliphatic carboxylic acids is 1. The lowest BCUT2D eigenvalue weighted by atomic mass is 10.1. The van der Waals surface area contributed by atoms with Crippen LogP contribution in [0.5, 0.6) is 0 Å². The maximum absolute atomic E-state index is 12.4. The van der Waals surface area contributed by atoms with Crippen LogP contribution in [0.2, 0.25) is 0 Å². The molecule has 3 N–H and O–H groups in total. The van der Waals surface area contributed by atoms with Crippen molar-refractivity contribution in [1.82, 2.24) is 5.32 Å². The number of anilines is 1. The summed E-state index contributed by atoms with van der Waals surface area (Å²) in [5.74, 6) is -1.13. The fraction of sp³-hybridized carbons (Fsp3) is 0.526. The zero-order valence-electron chi connectivity index (χ0n) is 15.0. The number of hydrogen-bond acceptors (Lipinski definition) is 3. The van der Waals surface area contributed by atoms with Gasteiger partial charge in [0.25, 0.3) is 5.91 Å². The first-order valence-electron chi connectivity index (χ1n) is 8.70. The van der Waals surface area contributed by atoms with E-state index < -0.39 is 5.97 Å². The summed E-state index contributed by atoms with van der Waals surface area (Å²) in [6, 6.07) is 5.05. The zero-order chi connectivity index (χ0) is 18.6. The standard InChI is InChI=1S/C19H26N2O4/c1-11(2)8-17(22)21-16-7-5-13(9-12(16)3)18(23)20-15-6-4-14(10-15)19(24)25/h5,7,9,11,14-15H,4,6,8,10H2,1-3H3,(H,20,23)(H,21,22)(H,24,25)/t14-,15+/m0/s1. The number of benzene rings is 1. The molecule has 1 aliphatic carbocycles. The van der Waals surface area contributed by atoms with E-state index >= 15 is 0 Å². The Labute approximate surface area is 148 Å². The molecule has 1 saturated carbocycles. The second-order valence-corrected chi connectivity index (χ2v) is 7.19. The number of carbonyl (C=O) groups excluding carboxylic acids is 2. The van der Waals surface area contributed by atoms with Gasteiger partial charge in [-0.15, -0.1) is 0 Å². The Balaban J connectivity index is 1.96. The van der Waals surface area contributed by atoms with Crippen LogP contribution in [-0.2, 0) is 9.59 Å². The Bertz CT molecular complexity index is 669. The predicted octanol–water partition coefficient (Wildman–Crippen LogP) is 2.96.